The molecule has 1 aliphatic carbocycles. The van der Waals surface area contributed by atoms with Crippen LogP contribution in [0, 0.1) is 0 Å². The van der Waals surface area contributed by atoms with Crippen LogP contribution < -0.4 is 11.3 Å². The van der Waals surface area contributed by atoms with Crippen molar-refractivity contribution in [3.8, 4) is 11.3 Å². The van der Waals surface area contributed by atoms with Gasteiger partial charge >= 0.3 is 0 Å². The molecule has 1 saturated carbocycles. The van der Waals surface area contributed by atoms with E-state index in [1.165, 1.54) is 17.5 Å². The number of hydrogen-bond acceptors (Lipinski definition) is 4. The summed E-state index contributed by atoms with van der Waals surface area (Å²) in [5.74, 6) is -0.488. The molecule has 0 atom stereocenters. The molecule has 24 heavy (non-hydrogen) atoms. The average Bonchev–Trinajstić information content (AvgIpc) is 3.28. The van der Waals surface area contributed by atoms with Crippen molar-refractivity contribution in [1.82, 2.24) is 14.8 Å². The minimum atomic E-state index is -0.488. The van der Waals surface area contributed by atoms with E-state index in [0.717, 1.165) is 25.7 Å². The first-order chi connectivity index (χ1) is 11.6. The molecule has 0 saturated heterocycles. The van der Waals surface area contributed by atoms with Gasteiger partial charge in [0.15, 0.2) is 0 Å². The van der Waals surface area contributed by atoms with E-state index in [4.69, 9.17) is 22.4 Å². The number of nitrogens with two attached hydrogens (primary N) is 1. The van der Waals surface area contributed by atoms with E-state index in [1.54, 1.807) is 11.4 Å². The van der Waals surface area contributed by atoms with Crippen LogP contribution in [0.3, 0.4) is 0 Å². The fourth-order valence-corrected chi connectivity index (χ4v) is 4.33. The monoisotopic (exact) mass is 362 g/mol. The van der Waals surface area contributed by atoms with Crippen molar-refractivity contribution in [2.75, 3.05) is 0 Å². The summed E-state index contributed by atoms with van der Waals surface area (Å²) in [5, 5.41) is 7.43. The fourth-order valence-electron chi connectivity index (χ4n) is 3.35. The molecule has 6 nitrogen and oxygen atoms in total. The van der Waals surface area contributed by atoms with Gasteiger partial charge in [0.25, 0.3) is 11.5 Å². The van der Waals surface area contributed by atoms with E-state index >= 15 is 0 Å². The number of amides is 1. The van der Waals surface area contributed by atoms with Crippen molar-refractivity contribution in [3.63, 3.8) is 0 Å². The molecule has 0 bridgehead atoms. The SMILES string of the molecule is NC(=O)c1cc(-c2nn(C3CCCC3)c3c(Cl)c[nH]c(=O)c23)cs1. The third-order valence-electron chi connectivity index (χ3n) is 4.48. The van der Waals surface area contributed by atoms with Gasteiger partial charge in [0.05, 0.1) is 26.8 Å². The number of nitrogens with zero attached hydrogens (tertiary/aromatic N) is 2. The summed E-state index contributed by atoms with van der Waals surface area (Å²) < 4.78 is 1.89. The Balaban J connectivity index is 1.99. The smallest absolute Gasteiger partial charge is 0.259 e. The fraction of sp³-hybridized carbons (Fsp3) is 0.312. The predicted octanol–water partition coefficient (Wildman–Crippen LogP) is 3.32. The maximum absolute atomic E-state index is 12.4. The highest BCUT2D eigenvalue weighted by molar-refractivity contribution is 7.12. The van der Waals surface area contributed by atoms with E-state index in [0.29, 0.717) is 32.1 Å². The zero-order valence-electron chi connectivity index (χ0n) is 12.7. The van der Waals surface area contributed by atoms with Crippen LogP contribution in [0.2, 0.25) is 5.02 Å². The molecule has 1 aliphatic rings. The van der Waals surface area contributed by atoms with Gasteiger partial charge in [-0.25, -0.2) is 0 Å². The lowest BCUT2D eigenvalue weighted by atomic mass is 10.1. The molecule has 3 aromatic rings. The molecule has 0 aromatic carbocycles. The highest BCUT2D eigenvalue weighted by Gasteiger charge is 2.25. The number of halogens is 1. The maximum atomic E-state index is 12.4. The number of rotatable bonds is 3. The summed E-state index contributed by atoms with van der Waals surface area (Å²) in [7, 11) is 0. The second-order valence-corrected chi connectivity index (χ2v) is 7.30. The Morgan fingerprint density at radius 1 is 1.42 bits per heavy atom. The maximum Gasteiger partial charge on any atom is 0.259 e. The molecule has 124 valence electrons. The molecule has 0 radical (unpaired) electrons. The van der Waals surface area contributed by atoms with Gasteiger partial charge in [-0.15, -0.1) is 11.3 Å². The van der Waals surface area contributed by atoms with Gasteiger partial charge < -0.3 is 10.7 Å². The Morgan fingerprint density at radius 3 is 2.83 bits per heavy atom. The van der Waals surface area contributed by atoms with Crippen molar-refractivity contribution in [1.29, 1.82) is 0 Å². The van der Waals surface area contributed by atoms with E-state index < -0.39 is 5.91 Å². The van der Waals surface area contributed by atoms with E-state index in [-0.39, 0.29) is 11.6 Å². The van der Waals surface area contributed by atoms with Crippen molar-refractivity contribution in [3.05, 3.63) is 37.9 Å². The predicted molar refractivity (Wildman–Crippen MR) is 94.7 cm³/mol. The van der Waals surface area contributed by atoms with Gasteiger partial charge in [-0.2, -0.15) is 5.10 Å². The van der Waals surface area contributed by atoms with Gasteiger partial charge in [-0.05, 0) is 18.9 Å². The summed E-state index contributed by atoms with van der Waals surface area (Å²) in [6.07, 6.45) is 5.84. The highest BCUT2D eigenvalue weighted by atomic mass is 35.5. The molecule has 0 unspecified atom stereocenters. The molecule has 8 heteroatoms. The van der Waals surface area contributed by atoms with E-state index in [9.17, 15) is 9.59 Å². The molecule has 1 fully saturated rings. The lowest BCUT2D eigenvalue weighted by Crippen LogP contribution is -2.09. The molecule has 3 N–H and O–H groups in total. The Labute approximate surface area is 146 Å². The topological polar surface area (TPSA) is 93.8 Å². The van der Waals surface area contributed by atoms with E-state index in [1.807, 2.05) is 4.68 Å². The molecule has 3 heterocycles. The van der Waals surface area contributed by atoms with Gasteiger partial charge in [0, 0.05) is 17.1 Å². The number of nitrogens with one attached hydrogen (secondary N) is 1. The van der Waals surface area contributed by atoms with Crippen LogP contribution in [0.15, 0.2) is 22.4 Å². The van der Waals surface area contributed by atoms with Crippen LogP contribution in [0.5, 0.6) is 0 Å². The minimum Gasteiger partial charge on any atom is -0.365 e. The number of aromatic nitrogens is 3. The first kappa shape index (κ1) is 15.4. The molecule has 0 aliphatic heterocycles. The van der Waals surface area contributed by atoms with E-state index in [2.05, 4.69) is 4.98 Å². The summed E-state index contributed by atoms with van der Waals surface area (Å²) in [5.41, 5.74) is 7.02. The Bertz CT molecular complexity index is 997. The number of aromatic amines is 1. The van der Waals surface area contributed by atoms with Crippen molar-refractivity contribution in [2.45, 2.75) is 31.7 Å². The van der Waals surface area contributed by atoms with Crippen molar-refractivity contribution in [2.24, 2.45) is 5.73 Å². The van der Waals surface area contributed by atoms with Crippen molar-refractivity contribution >= 4 is 39.7 Å². The van der Waals surface area contributed by atoms with Crippen LogP contribution >= 0.6 is 22.9 Å². The zero-order chi connectivity index (χ0) is 16.8. The van der Waals surface area contributed by atoms with Gasteiger partial charge in [-0.3, -0.25) is 14.3 Å². The molecule has 3 aromatic heterocycles. The van der Waals surface area contributed by atoms with Gasteiger partial charge in [-0.1, -0.05) is 24.4 Å². The first-order valence-corrected chi connectivity index (χ1v) is 9.00. The number of carbonyl (C=O) groups excluding carboxylic acids is 1. The molecular formula is C16H15ClN4O2S. The van der Waals surface area contributed by atoms with Crippen LogP contribution in [0.1, 0.15) is 41.4 Å². The Morgan fingerprint density at radius 2 is 2.17 bits per heavy atom. The Hall–Kier alpha value is -2.12. The number of thiophene rings is 1. The van der Waals surface area contributed by atoms with Gasteiger partial charge in [0.1, 0.15) is 5.69 Å². The Kier molecular flexibility index (Phi) is 3.69. The summed E-state index contributed by atoms with van der Waals surface area (Å²) in [6, 6.07) is 1.92. The minimum absolute atomic E-state index is 0.236. The van der Waals surface area contributed by atoms with Crippen LogP contribution in [0.25, 0.3) is 22.2 Å². The molecular weight excluding hydrogens is 348 g/mol. The lowest BCUT2D eigenvalue weighted by molar-refractivity contribution is 0.100. The van der Waals surface area contributed by atoms with Crippen LogP contribution in [-0.2, 0) is 0 Å². The largest absolute Gasteiger partial charge is 0.365 e. The summed E-state index contributed by atoms with van der Waals surface area (Å²) >= 11 is 7.61. The number of H-pyrrole nitrogens is 1. The lowest BCUT2D eigenvalue weighted by Gasteiger charge is -2.11. The number of pyridine rings is 1. The number of primary amides is 1. The third-order valence-corrected chi connectivity index (χ3v) is 5.71. The number of carbonyl (C=O) groups is 1. The van der Waals surface area contributed by atoms with Gasteiger partial charge in [0.2, 0.25) is 0 Å². The molecule has 4 rings (SSSR count). The molecule has 1 amide bonds. The standard InChI is InChI=1S/C16H15ClN4O2S/c17-10-6-19-16(23)12-13(8-5-11(15(18)22)24-7-8)20-21(14(10)12)9-3-1-2-4-9/h5-7,9H,1-4H2,(H2,18,22)(H,19,23). The molecule has 0 spiro atoms. The number of hydrogen-bond donors (Lipinski definition) is 2. The highest BCUT2D eigenvalue weighted by Crippen LogP contribution is 2.37. The average molecular weight is 363 g/mol. The third kappa shape index (κ3) is 2.35. The zero-order valence-corrected chi connectivity index (χ0v) is 14.3. The number of fused-ring (bicyclic) bond motifs is 1. The second kappa shape index (κ2) is 5.75. The first-order valence-electron chi connectivity index (χ1n) is 7.74. The van der Waals surface area contributed by atoms with Crippen LogP contribution in [-0.4, -0.2) is 20.7 Å². The quantitative estimate of drug-likeness (QED) is 0.748. The summed E-state index contributed by atoms with van der Waals surface area (Å²) in [6.45, 7) is 0. The normalized spacial score (nSPS) is 15.4. The summed E-state index contributed by atoms with van der Waals surface area (Å²) in [4.78, 5) is 26.9. The van der Waals surface area contributed by atoms with Crippen molar-refractivity contribution < 1.29 is 4.79 Å². The van der Waals surface area contributed by atoms with Crippen LogP contribution in [0.4, 0.5) is 0 Å². The second-order valence-electron chi connectivity index (χ2n) is 5.98.